The maximum Gasteiger partial charge on any atom is 0.126 e. The minimum Gasteiger partial charge on any atom is -0.467 e. The zero-order valence-corrected chi connectivity index (χ0v) is 9.03. The summed E-state index contributed by atoms with van der Waals surface area (Å²) in [6, 6.07) is 7.26. The molecular weight excluding hydrogens is 212 g/mol. The highest BCUT2D eigenvalue weighted by atomic mass is 35.5. The van der Waals surface area contributed by atoms with Gasteiger partial charge in [-0.1, -0.05) is 11.6 Å². The van der Waals surface area contributed by atoms with Crippen LogP contribution in [-0.2, 0) is 0 Å². The van der Waals surface area contributed by atoms with Gasteiger partial charge in [-0.05, 0) is 31.3 Å². The first-order valence-electron chi connectivity index (χ1n) is 4.64. The van der Waals surface area contributed by atoms with E-state index < -0.39 is 0 Å². The predicted molar refractivity (Wildman–Crippen MR) is 58.9 cm³/mol. The van der Waals surface area contributed by atoms with Gasteiger partial charge in [-0.3, -0.25) is 4.98 Å². The van der Waals surface area contributed by atoms with E-state index in [1.165, 1.54) is 0 Å². The van der Waals surface area contributed by atoms with E-state index in [0.29, 0.717) is 5.02 Å². The van der Waals surface area contributed by atoms with E-state index in [1.807, 2.05) is 25.2 Å². The molecule has 0 saturated heterocycles. The van der Waals surface area contributed by atoms with Crippen LogP contribution in [0.2, 0.25) is 5.02 Å². The summed E-state index contributed by atoms with van der Waals surface area (Å²) in [6.07, 6.45) is 3.35. The van der Waals surface area contributed by atoms with Crippen LogP contribution in [0.5, 0.6) is 0 Å². The van der Waals surface area contributed by atoms with Crippen molar-refractivity contribution in [3.05, 3.63) is 53.2 Å². The lowest BCUT2D eigenvalue weighted by molar-refractivity contribution is 0.459. The second kappa shape index (κ2) is 4.47. The highest BCUT2D eigenvalue weighted by Crippen LogP contribution is 2.25. The summed E-state index contributed by atoms with van der Waals surface area (Å²) in [5.41, 5.74) is 0.775. The van der Waals surface area contributed by atoms with Crippen LogP contribution in [0.4, 0.5) is 0 Å². The van der Waals surface area contributed by atoms with E-state index in [1.54, 1.807) is 18.5 Å². The summed E-state index contributed by atoms with van der Waals surface area (Å²) < 4.78 is 5.33. The molecule has 0 fully saturated rings. The second-order valence-electron chi connectivity index (χ2n) is 3.11. The van der Waals surface area contributed by atoms with Gasteiger partial charge in [-0.15, -0.1) is 0 Å². The highest BCUT2D eigenvalue weighted by Gasteiger charge is 2.18. The Morgan fingerprint density at radius 1 is 1.40 bits per heavy atom. The number of nitrogens with zero attached hydrogens (tertiary/aromatic N) is 1. The first kappa shape index (κ1) is 10.2. The zero-order valence-electron chi connectivity index (χ0n) is 8.27. The summed E-state index contributed by atoms with van der Waals surface area (Å²) in [5, 5.41) is 3.75. The Labute approximate surface area is 93.1 Å². The van der Waals surface area contributed by atoms with Crippen LogP contribution >= 0.6 is 11.6 Å². The van der Waals surface area contributed by atoms with Gasteiger partial charge in [0.15, 0.2) is 0 Å². The van der Waals surface area contributed by atoms with Crippen molar-refractivity contribution in [1.29, 1.82) is 0 Å². The third-order valence-electron chi connectivity index (χ3n) is 2.18. The summed E-state index contributed by atoms with van der Waals surface area (Å²) in [5.74, 6) is 0.804. The van der Waals surface area contributed by atoms with Crippen molar-refractivity contribution < 1.29 is 4.42 Å². The molecule has 15 heavy (non-hydrogen) atoms. The first-order chi connectivity index (χ1) is 7.33. The molecule has 1 unspecified atom stereocenters. The fraction of sp³-hybridized carbons (Fsp3) is 0.182. The molecule has 0 aliphatic rings. The molecule has 2 aromatic rings. The lowest BCUT2D eigenvalue weighted by Gasteiger charge is -2.13. The van der Waals surface area contributed by atoms with Gasteiger partial charge in [0, 0.05) is 6.20 Å². The van der Waals surface area contributed by atoms with Crippen LogP contribution in [0.15, 0.2) is 41.1 Å². The van der Waals surface area contributed by atoms with Gasteiger partial charge in [0.25, 0.3) is 0 Å². The number of pyridine rings is 1. The molecule has 1 N–H and O–H groups in total. The largest absolute Gasteiger partial charge is 0.467 e. The smallest absolute Gasteiger partial charge is 0.126 e. The molecule has 78 valence electrons. The summed E-state index contributed by atoms with van der Waals surface area (Å²) in [4.78, 5) is 4.25. The molecule has 0 aromatic carbocycles. The van der Waals surface area contributed by atoms with E-state index in [-0.39, 0.29) is 6.04 Å². The average Bonchev–Trinajstić information content (AvgIpc) is 2.75. The van der Waals surface area contributed by atoms with Gasteiger partial charge in [-0.25, -0.2) is 0 Å². The molecular formula is C11H11ClN2O. The van der Waals surface area contributed by atoms with Gasteiger partial charge >= 0.3 is 0 Å². The summed E-state index contributed by atoms with van der Waals surface area (Å²) in [6.45, 7) is 0. The van der Waals surface area contributed by atoms with Crippen molar-refractivity contribution in [2.45, 2.75) is 6.04 Å². The molecule has 2 heterocycles. The van der Waals surface area contributed by atoms with Crippen LogP contribution in [0.25, 0.3) is 0 Å². The predicted octanol–water partition coefficient (Wildman–Crippen LogP) is 2.64. The fourth-order valence-corrected chi connectivity index (χ4v) is 1.71. The van der Waals surface area contributed by atoms with Gasteiger partial charge in [-0.2, -0.15) is 0 Å². The normalized spacial score (nSPS) is 12.7. The summed E-state index contributed by atoms with van der Waals surface area (Å²) >= 11 is 6.07. The topological polar surface area (TPSA) is 38.1 Å². The maximum absolute atomic E-state index is 6.07. The lowest BCUT2D eigenvalue weighted by Crippen LogP contribution is -2.18. The number of aromatic nitrogens is 1. The third-order valence-corrected chi connectivity index (χ3v) is 2.50. The Morgan fingerprint density at radius 2 is 2.27 bits per heavy atom. The van der Waals surface area contributed by atoms with Gasteiger partial charge in [0.2, 0.25) is 0 Å². The Morgan fingerprint density at radius 3 is 2.87 bits per heavy atom. The van der Waals surface area contributed by atoms with Crippen molar-refractivity contribution in [2.24, 2.45) is 0 Å². The molecule has 0 saturated carbocycles. The minimum atomic E-state index is -0.103. The van der Waals surface area contributed by atoms with Gasteiger partial charge in [0.1, 0.15) is 11.8 Å². The zero-order chi connectivity index (χ0) is 10.7. The van der Waals surface area contributed by atoms with E-state index >= 15 is 0 Å². The van der Waals surface area contributed by atoms with E-state index in [2.05, 4.69) is 10.3 Å². The van der Waals surface area contributed by atoms with E-state index in [0.717, 1.165) is 11.5 Å². The number of rotatable bonds is 3. The average molecular weight is 223 g/mol. The lowest BCUT2D eigenvalue weighted by atomic mass is 10.1. The van der Waals surface area contributed by atoms with Gasteiger partial charge < -0.3 is 9.73 Å². The molecule has 0 spiro atoms. The number of halogens is 1. The quantitative estimate of drug-likeness (QED) is 0.868. The first-order valence-corrected chi connectivity index (χ1v) is 5.02. The molecule has 0 aliphatic heterocycles. The van der Waals surface area contributed by atoms with Crippen molar-refractivity contribution in [3.8, 4) is 0 Å². The molecule has 2 aromatic heterocycles. The van der Waals surface area contributed by atoms with E-state index in [9.17, 15) is 0 Å². The molecule has 4 heteroatoms. The molecule has 0 bridgehead atoms. The standard InChI is InChI=1S/C11H11ClN2O/c1-13-11(9-5-3-7-15-9)10-8(12)4-2-6-14-10/h2-7,11,13H,1H3. The third kappa shape index (κ3) is 2.03. The van der Waals surface area contributed by atoms with Crippen molar-refractivity contribution in [1.82, 2.24) is 10.3 Å². The Balaban J connectivity index is 2.40. The van der Waals surface area contributed by atoms with Crippen LogP contribution in [0, 0.1) is 0 Å². The van der Waals surface area contributed by atoms with Crippen LogP contribution in [0.3, 0.4) is 0 Å². The second-order valence-corrected chi connectivity index (χ2v) is 3.51. The minimum absolute atomic E-state index is 0.103. The Bertz CT molecular complexity index is 428. The summed E-state index contributed by atoms with van der Waals surface area (Å²) in [7, 11) is 1.85. The molecule has 3 nitrogen and oxygen atoms in total. The maximum atomic E-state index is 6.07. The number of nitrogens with one attached hydrogen (secondary N) is 1. The van der Waals surface area contributed by atoms with Crippen LogP contribution in [0.1, 0.15) is 17.5 Å². The molecule has 0 amide bonds. The molecule has 0 radical (unpaired) electrons. The van der Waals surface area contributed by atoms with Crippen LogP contribution in [-0.4, -0.2) is 12.0 Å². The Hall–Kier alpha value is -1.32. The monoisotopic (exact) mass is 222 g/mol. The SMILES string of the molecule is CNC(c1ccco1)c1ncccc1Cl. The van der Waals surface area contributed by atoms with Crippen molar-refractivity contribution in [2.75, 3.05) is 7.05 Å². The molecule has 2 rings (SSSR count). The Kier molecular flexibility index (Phi) is 3.04. The van der Waals surface area contributed by atoms with E-state index in [4.69, 9.17) is 16.0 Å². The van der Waals surface area contributed by atoms with Gasteiger partial charge in [0.05, 0.1) is 17.0 Å². The molecule has 1 atom stereocenters. The van der Waals surface area contributed by atoms with Crippen molar-refractivity contribution >= 4 is 11.6 Å². The van der Waals surface area contributed by atoms with Crippen molar-refractivity contribution in [3.63, 3.8) is 0 Å². The number of furan rings is 1. The highest BCUT2D eigenvalue weighted by molar-refractivity contribution is 6.31. The van der Waals surface area contributed by atoms with Crippen LogP contribution < -0.4 is 5.32 Å². The fourth-order valence-electron chi connectivity index (χ4n) is 1.48. The molecule has 0 aliphatic carbocycles. The number of hydrogen-bond donors (Lipinski definition) is 1. The number of hydrogen-bond acceptors (Lipinski definition) is 3.